The van der Waals surface area contributed by atoms with E-state index in [1.807, 2.05) is 41.5 Å². The van der Waals surface area contributed by atoms with Crippen LogP contribution in [0.1, 0.15) is 69.2 Å². The van der Waals surface area contributed by atoms with Gasteiger partial charge in [0.25, 0.3) is 0 Å². The molecule has 4 unspecified atom stereocenters. The zero-order valence-electron chi connectivity index (χ0n) is 21.3. The first-order chi connectivity index (χ1) is 14.5. The van der Waals surface area contributed by atoms with Crippen molar-refractivity contribution in [3.8, 4) is 0 Å². The van der Waals surface area contributed by atoms with E-state index in [0.29, 0.717) is 24.4 Å². The number of hydrogen-bond donors (Lipinski definition) is 0. The van der Waals surface area contributed by atoms with Gasteiger partial charge in [0, 0.05) is 0 Å². The van der Waals surface area contributed by atoms with Crippen LogP contribution in [0.2, 0.25) is 0 Å². The van der Waals surface area contributed by atoms with E-state index in [0.717, 1.165) is 0 Å². The van der Waals surface area contributed by atoms with Crippen molar-refractivity contribution < 1.29 is 43.3 Å². The number of carbonyl (C=O) groups is 1. The second-order valence-corrected chi connectivity index (χ2v) is 10.1. The number of rotatable bonds is 14. The molecule has 188 valence electrons. The summed E-state index contributed by atoms with van der Waals surface area (Å²) in [6.07, 6.45) is -4.85. The normalized spacial score (nSPS) is 16.1. The van der Waals surface area contributed by atoms with Gasteiger partial charge in [0.05, 0.1) is 13.2 Å². The van der Waals surface area contributed by atoms with E-state index in [1.165, 1.54) is 13.8 Å². The van der Waals surface area contributed by atoms with Gasteiger partial charge in [0.15, 0.2) is 0 Å². The second-order valence-electron chi connectivity index (χ2n) is 10.1. The smallest absolute Gasteiger partial charge is 0.404 e. The minimum absolute atomic E-state index is 0.0924. The number of carbonyl (C=O) groups excluding carboxylic acids is 1. The van der Waals surface area contributed by atoms with Crippen molar-refractivity contribution in [1.29, 1.82) is 0 Å². The highest BCUT2D eigenvalue weighted by Gasteiger charge is 2.24. The fourth-order valence-corrected chi connectivity index (χ4v) is 1.69. The summed E-state index contributed by atoms with van der Waals surface area (Å²) in [7, 11) is 0. The molecular formula is C23H42O9. The first-order valence-electron chi connectivity index (χ1n) is 10.6. The van der Waals surface area contributed by atoms with Gasteiger partial charge in [-0.15, -0.1) is 0 Å². The quantitative estimate of drug-likeness (QED) is 0.107. The van der Waals surface area contributed by atoms with Crippen LogP contribution >= 0.6 is 0 Å². The average molecular weight is 463 g/mol. The van der Waals surface area contributed by atoms with Crippen molar-refractivity contribution >= 4 is 6.16 Å². The summed E-state index contributed by atoms with van der Waals surface area (Å²) in [5.74, 6) is 0. The Morgan fingerprint density at radius 1 is 0.719 bits per heavy atom. The molecule has 0 N–H and O–H groups in total. The molecule has 0 bridgehead atoms. The summed E-state index contributed by atoms with van der Waals surface area (Å²) >= 11 is 0. The molecule has 0 aliphatic carbocycles. The molecule has 4 atom stereocenters. The monoisotopic (exact) mass is 462 g/mol. The summed E-state index contributed by atoms with van der Waals surface area (Å²) in [5.41, 5.74) is 0.891. The minimum atomic E-state index is -1.00. The molecule has 0 aromatic heterocycles. The van der Waals surface area contributed by atoms with Crippen LogP contribution in [-0.4, -0.2) is 44.5 Å². The Hall–Kier alpha value is -1.49. The molecule has 32 heavy (non-hydrogen) atoms. The van der Waals surface area contributed by atoms with Crippen LogP contribution in [-0.2, 0) is 38.5 Å². The van der Waals surface area contributed by atoms with Gasteiger partial charge in [0.2, 0.25) is 25.2 Å². The van der Waals surface area contributed by atoms with Gasteiger partial charge in [-0.2, -0.15) is 9.78 Å². The van der Waals surface area contributed by atoms with Crippen molar-refractivity contribution in [2.24, 2.45) is 10.8 Å². The van der Waals surface area contributed by atoms with Crippen LogP contribution in [0.3, 0.4) is 0 Å². The van der Waals surface area contributed by atoms with Gasteiger partial charge < -0.3 is 18.9 Å². The number of ether oxygens (including phenoxy) is 4. The second kappa shape index (κ2) is 13.9. The highest BCUT2D eigenvalue weighted by Crippen LogP contribution is 2.18. The maximum absolute atomic E-state index is 12.1. The lowest BCUT2D eigenvalue weighted by molar-refractivity contribution is -0.394. The standard InChI is InChI=1S/C23H42O9/c1-15(2)19(31-25-13-22(7,8)9)27-17(5)29-21(24)30-18(6)28-20(16(3)4)32-26-14-23(10,11)12/h17-20H,1,3,13-14H2,2,4-12H3. The number of hydrogen-bond acceptors (Lipinski definition) is 9. The molecular weight excluding hydrogens is 420 g/mol. The molecule has 0 radical (unpaired) electrons. The fourth-order valence-electron chi connectivity index (χ4n) is 1.69. The van der Waals surface area contributed by atoms with Crippen LogP contribution in [0.25, 0.3) is 0 Å². The van der Waals surface area contributed by atoms with Crippen molar-refractivity contribution in [2.45, 2.75) is 94.4 Å². The third kappa shape index (κ3) is 16.2. The first kappa shape index (κ1) is 30.5. The predicted octanol–water partition coefficient (Wildman–Crippen LogP) is 5.66. The van der Waals surface area contributed by atoms with Crippen LogP contribution in [0.5, 0.6) is 0 Å². The summed E-state index contributed by atoms with van der Waals surface area (Å²) in [6.45, 7) is 26.7. The largest absolute Gasteiger partial charge is 0.512 e. The Morgan fingerprint density at radius 2 is 1.03 bits per heavy atom. The van der Waals surface area contributed by atoms with Gasteiger partial charge in [-0.05, 0) is 49.7 Å². The Bertz CT molecular complexity index is 539. The SMILES string of the molecule is C=C(C)C(OOCC(C)(C)C)OC(C)OC(=O)OC(C)OC(OOCC(C)(C)C)C(=C)C. The van der Waals surface area contributed by atoms with E-state index in [9.17, 15) is 4.79 Å². The van der Waals surface area contributed by atoms with Crippen molar-refractivity contribution in [3.05, 3.63) is 24.3 Å². The van der Waals surface area contributed by atoms with Crippen molar-refractivity contribution in [3.63, 3.8) is 0 Å². The van der Waals surface area contributed by atoms with E-state index in [4.69, 9.17) is 38.5 Å². The maximum atomic E-state index is 12.1. The summed E-state index contributed by atoms with van der Waals surface area (Å²) in [5, 5.41) is 0. The Balaban J connectivity index is 4.54. The third-order valence-electron chi connectivity index (χ3n) is 3.25. The van der Waals surface area contributed by atoms with E-state index in [2.05, 4.69) is 13.2 Å². The Morgan fingerprint density at radius 3 is 1.28 bits per heavy atom. The minimum Gasteiger partial charge on any atom is -0.404 e. The molecule has 0 heterocycles. The zero-order chi connectivity index (χ0) is 25.1. The van der Waals surface area contributed by atoms with Gasteiger partial charge in [-0.3, -0.25) is 0 Å². The summed E-state index contributed by atoms with van der Waals surface area (Å²) < 4.78 is 21.2. The van der Waals surface area contributed by atoms with Crippen molar-refractivity contribution in [1.82, 2.24) is 0 Å². The van der Waals surface area contributed by atoms with Gasteiger partial charge in [-0.25, -0.2) is 14.6 Å². The van der Waals surface area contributed by atoms with E-state index >= 15 is 0 Å². The van der Waals surface area contributed by atoms with E-state index in [1.54, 1.807) is 13.8 Å². The van der Waals surface area contributed by atoms with Gasteiger partial charge >= 0.3 is 6.16 Å². The highest BCUT2D eigenvalue weighted by atomic mass is 17.2. The van der Waals surface area contributed by atoms with Crippen molar-refractivity contribution in [2.75, 3.05) is 13.2 Å². The predicted molar refractivity (Wildman–Crippen MR) is 119 cm³/mol. The molecule has 9 heteroatoms. The molecule has 0 fully saturated rings. The van der Waals surface area contributed by atoms with Gasteiger partial charge in [0.1, 0.15) is 0 Å². The van der Waals surface area contributed by atoms with Crippen LogP contribution < -0.4 is 0 Å². The molecule has 0 saturated carbocycles. The molecule has 0 aromatic rings. The first-order valence-corrected chi connectivity index (χ1v) is 10.6. The molecule has 0 aliphatic heterocycles. The molecule has 0 aliphatic rings. The lowest BCUT2D eigenvalue weighted by atomic mass is 9.99. The topological polar surface area (TPSA) is 90.9 Å². The van der Waals surface area contributed by atoms with Crippen LogP contribution in [0, 0.1) is 10.8 Å². The van der Waals surface area contributed by atoms with E-state index in [-0.39, 0.29) is 10.8 Å². The molecule has 0 saturated heterocycles. The molecule has 0 spiro atoms. The Kier molecular flexibility index (Phi) is 13.3. The lowest BCUT2D eigenvalue weighted by Gasteiger charge is -2.25. The molecule has 0 amide bonds. The maximum Gasteiger partial charge on any atom is 0.512 e. The fraction of sp³-hybridized carbons (Fsp3) is 0.783. The van der Waals surface area contributed by atoms with E-state index < -0.39 is 31.3 Å². The van der Waals surface area contributed by atoms with Crippen LogP contribution in [0.4, 0.5) is 4.79 Å². The molecule has 9 nitrogen and oxygen atoms in total. The summed E-state index contributed by atoms with van der Waals surface area (Å²) in [6, 6.07) is 0. The zero-order valence-corrected chi connectivity index (χ0v) is 21.3. The lowest BCUT2D eigenvalue weighted by Crippen LogP contribution is -2.32. The molecule has 0 aromatic carbocycles. The highest BCUT2D eigenvalue weighted by molar-refractivity contribution is 5.60. The third-order valence-corrected chi connectivity index (χ3v) is 3.25. The summed E-state index contributed by atoms with van der Waals surface area (Å²) in [4.78, 5) is 32.9. The average Bonchev–Trinajstić information content (AvgIpc) is 2.57. The Labute approximate surface area is 192 Å². The van der Waals surface area contributed by atoms with Crippen LogP contribution in [0.15, 0.2) is 24.3 Å². The van der Waals surface area contributed by atoms with Gasteiger partial charge in [-0.1, -0.05) is 54.7 Å². The molecule has 0 rings (SSSR count).